The Kier molecular flexibility index (Phi) is 4.07. The first kappa shape index (κ1) is 15.3. The predicted molar refractivity (Wildman–Crippen MR) is 70.8 cm³/mol. The number of carbonyl (C=O) groups is 1. The summed E-state index contributed by atoms with van der Waals surface area (Å²) in [5.74, 6) is 1.20. The van der Waals surface area contributed by atoms with E-state index in [1.807, 2.05) is 4.57 Å². The molecule has 1 aromatic heterocycles. The van der Waals surface area contributed by atoms with Crippen molar-refractivity contribution in [1.82, 2.24) is 25.0 Å². The second-order valence-corrected chi connectivity index (χ2v) is 5.74. The molecule has 1 saturated heterocycles. The Morgan fingerprint density at radius 1 is 1.23 bits per heavy atom. The minimum absolute atomic E-state index is 0.133. The van der Waals surface area contributed by atoms with Crippen LogP contribution in [-0.4, -0.2) is 50.9 Å². The van der Waals surface area contributed by atoms with Crippen LogP contribution >= 0.6 is 0 Å². The smallest absolute Gasteiger partial charge is 0.332 e. The molecule has 1 fully saturated rings. The van der Waals surface area contributed by atoms with Gasteiger partial charge in [-0.2, -0.15) is 13.2 Å². The van der Waals surface area contributed by atoms with Gasteiger partial charge in [0.25, 0.3) is 0 Å². The average molecular weight is 317 g/mol. The monoisotopic (exact) mass is 317 g/mol. The Balaban J connectivity index is 1.56. The highest BCUT2D eigenvalue weighted by Crippen LogP contribution is 2.21. The number of fused-ring (bicyclic) bond motifs is 1. The summed E-state index contributed by atoms with van der Waals surface area (Å²) in [6.07, 6.45) is -0.903. The highest BCUT2D eigenvalue weighted by molar-refractivity contribution is 5.84. The maximum Gasteiger partial charge on any atom is 0.406 e. The molecule has 2 aliphatic heterocycles. The number of likely N-dealkylation sites (tertiary alicyclic amines) is 1. The topological polar surface area (TPSA) is 63.1 Å². The lowest BCUT2D eigenvalue weighted by Gasteiger charge is -2.19. The van der Waals surface area contributed by atoms with Crippen LogP contribution in [0.25, 0.3) is 0 Å². The molecule has 0 spiro atoms. The molecule has 1 N–H and O–H groups in total. The SMILES string of the molecule is O=C1[C@H](NCc2nnc3n2CCCC3)CCN1CC(F)(F)F. The zero-order chi connectivity index (χ0) is 15.7. The van der Waals surface area contributed by atoms with Gasteiger partial charge in [0.05, 0.1) is 12.6 Å². The van der Waals surface area contributed by atoms with E-state index in [-0.39, 0.29) is 6.54 Å². The molecule has 6 nitrogen and oxygen atoms in total. The zero-order valence-electron chi connectivity index (χ0n) is 12.1. The van der Waals surface area contributed by atoms with Gasteiger partial charge in [-0.1, -0.05) is 0 Å². The van der Waals surface area contributed by atoms with Crippen LogP contribution in [0.5, 0.6) is 0 Å². The van der Waals surface area contributed by atoms with Gasteiger partial charge in [-0.3, -0.25) is 10.1 Å². The van der Waals surface area contributed by atoms with Crippen molar-refractivity contribution < 1.29 is 18.0 Å². The Labute approximate surface area is 125 Å². The Bertz CT molecular complexity index is 556. The standard InChI is InChI=1S/C13H18F3N5O/c14-13(15,16)8-20-6-4-9(12(20)22)17-7-11-19-18-10-3-1-2-5-21(10)11/h9,17H,1-8H2/t9-/m1/s1. The highest BCUT2D eigenvalue weighted by atomic mass is 19.4. The van der Waals surface area contributed by atoms with Gasteiger partial charge < -0.3 is 9.47 Å². The number of hydrogen-bond donors (Lipinski definition) is 1. The predicted octanol–water partition coefficient (Wildman–Crippen LogP) is 0.867. The molecular formula is C13H18F3N5O. The Morgan fingerprint density at radius 2 is 2.05 bits per heavy atom. The van der Waals surface area contributed by atoms with Gasteiger partial charge in [-0.15, -0.1) is 10.2 Å². The first-order valence-corrected chi connectivity index (χ1v) is 7.44. The molecule has 1 atom stereocenters. The molecule has 0 aromatic carbocycles. The van der Waals surface area contributed by atoms with Gasteiger partial charge in [0.2, 0.25) is 5.91 Å². The summed E-state index contributed by atoms with van der Waals surface area (Å²) in [6, 6.07) is -0.570. The maximum atomic E-state index is 12.4. The number of alkyl halides is 3. The summed E-state index contributed by atoms with van der Waals surface area (Å²) in [5.41, 5.74) is 0. The van der Waals surface area contributed by atoms with E-state index in [2.05, 4.69) is 15.5 Å². The summed E-state index contributed by atoms with van der Waals surface area (Å²) < 4.78 is 39.1. The fourth-order valence-electron chi connectivity index (χ4n) is 3.02. The molecule has 0 saturated carbocycles. The van der Waals surface area contributed by atoms with E-state index in [4.69, 9.17) is 0 Å². The summed E-state index contributed by atoms with van der Waals surface area (Å²) >= 11 is 0. The number of halogens is 3. The van der Waals surface area contributed by atoms with E-state index in [1.54, 1.807) is 0 Å². The van der Waals surface area contributed by atoms with E-state index in [9.17, 15) is 18.0 Å². The minimum Gasteiger partial charge on any atom is -0.332 e. The van der Waals surface area contributed by atoms with Crippen molar-refractivity contribution in [3.8, 4) is 0 Å². The van der Waals surface area contributed by atoms with Crippen LogP contribution in [-0.2, 0) is 24.3 Å². The normalized spacial score (nSPS) is 22.2. The van der Waals surface area contributed by atoms with E-state index >= 15 is 0 Å². The molecule has 3 heterocycles. The number of rotatable bonds is 4. The first-order valence-electron chi connectivity index (χ1n) is 7.44. The molecule has 3 rings (SSSR count). The number of amides is 1. The lowest BCUT2D eigenvalue weighted by Crippen LogP contribution is -2.41. The lowest BCUT2D eigenvalue weighted by atomic mass is 10.1. The van der Waals surface area contributed by atoms with Crippen molar-refractivity contribution in [2.75, 3.05) is 13.1 Å². The number of hydrogen-bond acceptors (Lipinski definition) is 4. The fraction of sp³-hybridized carbons (Fsp3) is 0.769. The van der Waals surface area contributed by atoms with Crippen molar-refractivity contribution in [3.63, 3.8) is 0 Å². The van der Waals surface area contributed by atoms with Crippen LogP contribution in [0.2, 0.25) is 0 Å². The van der Waals surface area contributed by atoms with Gasteiger partial charge in [-0.25, -0.2) is 0 Å². The van der Waals surface area contributed by atoms with E-state index in [0.717, 1.165) is 42.4 Å². The first-order chi connectivity index (χ1) is 10.4. The number of carbonyl (C=O) groups excluding carboxylic acids is 1. The maximum absolute atomic E-state index is 12.4. The van der Waals surface area contributed by atoms with Gasteiger partial charge >= 0.3 is 6.18 Å². The van der Waals surface area contributed by atoms with Crippen molar-refractivity contribution in [2.24, 2.45) is 0 Å². The molecular weight excluding hydrogens is 299 g/mol. The zero-order valence-corrected chi connectivity index (χ0v) is 12.1. The Hall–Kier alpha value is -1.64. The quantitative estimate of drug-likeness (QED) is 0.895. The summed E-state index contributed by atoms with van der Waals surface area (Å²) in [6.45, 7) is 0.166. The van der Waals surface area contributed by atoms with E-state index < -0.39 is 24.7 Å². The van der Waals surface area contributed by atoms with Crippen molar-refractivity contribution in [1.29, 1.82) is 0 Å². The summed E-state index contributed by atoms with van der Waals surface area (Å²) in [4.78, 5) is 12.8. The molecule has 122 valence electrons. The van der Waals surface area contributed by atoms with Crippen LogP contribution in [0.4, 0.5) is 13.2 Å². The van der Waals surface area contributed by atoms with E-state index in [1.165, 1.54) is 0 Å². The van der Waals surface area contributed by atoms with Crippen LogP contribution in [0.1, 0.15) is 30.9 Å². The number of aryl methyl sites for hydroxylation is 1. The molecule has 0 bridgehead atoms. The van der Waals surface area contributed by atoms with Crippen LogP contribution < -0.4 is 5.32 Å². The third-order valence-corrected chi connectivity index (χ3v) is 4.11. The number of nitrogens with one attached hydrogen (secondary N) is 1. The third-order valence-electron chi connectivity index (χ3n) is 4.11. The number of nitrogens with zero attached hydrogens (tertiary/aromatic N) is 4. The molecule has 0 aliphatic carbocycles. The Morgan fingerprint density at radius 3 is 2.82 bits per heavy atom. The molecule has 2 aliphatic rings. The second kappa shape index (κ2) is 5.86. The van der Waals surface area contributed by atoms with Gasteiger partial charge in [0.1, 0.15) is 18.2 Å². The number of aromatic nitrogens is 3. The molecule has 1 amide bonds. The highest BCUT2D eigenvalue weighted by Gasteiger charge is 2.39. The van der Waals surface area contributed by atoms with E-state index in [0.29, 0.717) is 13.0 Å². The van der Waals surface area contributed by atoms with Crippen molar-refractivity contribution >= 4 is 5.91 Å². The molecule has 9 heteroatoms. The largest absolute Gasteiger partial charge is 0.406 e. The van der Waals surface area contributed by atoms with Crippen molar-refractivity contribution in [2.45, 2.75) is 51.0 Å². The third kappa shape index (κ3) is 3.23. The summed E-state index contributed by atoms with van der Waals surface area (Å²) in [7, 11) is 0. The van der Waals surface area contributed by atoms with Crippen LogP contribution in [0, 0.1) is 0 Å². The molecule has 1 aromatic rings. The van der Waals surface area contributed by atoms with Gasteiger partial charge in [0, 0.05) is 19.5 Å². The van der Waals surface area contributed by atoms with Crippen LogP contribution in [0.3, 0.4) is 0 Å². The fourth-order valence-corrected chi connectivity index (χ4v) is 3.02. The minimum atomic E-state index is -4.35. The lowest BCUT2D eigenvalue weighted by molar-refractivity contribution is -0.158. The molecule has 0 unspecified atom stereocenters. The van der Waals surface area contributed by atoms with Crippen molar-refractivity contribution in [3.05, 3.63) is 11.6 Å². The average Bonchev–Trinajstić information content (AvgIpc) is 3.01. The molecule has 0 radical (unpaired) electrons. The molecule has 22 heavy (non-hydrogen) atoms. The van der Waals surface area contributed by atoms with Gasteiger partial charge in [-0.05, 0) is 19.3 Å². The second-order valence-electron chi connectivity index (χ2n) is 5.74. The van der Waals surface area contributed by atoms with Gasteiger partial charge in [0.15, 0.2) is 0 Å². The summed E-state index contributed by atoms with van der Waals surface area (Å²) in [5, 5.41) is 11.2. The van der Waals surface area contributed by atoms with Crippen LogP contribution in [0.15, 0.2) is 0 Å².